The summed E-state index contributed by atoms with van der Waals surface area (Å²) in [4.78, 5) is 49.3. The summed E-state index contributed by atoms with van der Waals surface area (Å²) in [5.41, 5.74) is 0.574. The molecule has 1 rings (SSSR count). The number of methoxy groups -OCH3 is 1. The van der Waals surface area contributed by atoms with Gasteiger partial charge in [0.25, 0.3) is 0 Å². The number of benzene rings is 1. The van der Waals surface area contributed by atoms with Crippen LogP contribution >= 0.6 is 0 Å². The van der Waals surface area contributed by atoms with E-state index in [0.29, 0.717) is 17.9 Å². The van der Waals surface area contributed by atoms with Crippen molar-refractivity contribution >= 4 is 24.2 Å². The van der Waals surface area contributed by atoms with E-state index < -0.39 is 30.4 Å². The molecular formula is C31H49NO10. The summed E-state index contributed by atoms with van der Waals surface area (Å²) >= 11 is 0. The second-order valence-corrected chi connectivity index (χ2v) is 11.1. The monoisotopic (exact) mass is 595 g/mol. The number of rotatable bonds is 18. The van der Waals surface area contributed by atoms with Gasteiger partial charge in [-0.1, -0.05) is 60.5 Å². The van der Waals surface area contributed by atoms with Gasteiger partial charge >= 0.3 is 24.2 Å². The Balaban J connectivity index is 3.03. The Hall–Kier alpha value is -3.34. The van der Waals surface area contributed by atoms with E-state index in [4.69, 9.17) is 28.4 Å². The van der Waals surface area contributed by atoms with Crippen molar-refractivity contribution in [1.82, 2.24) is 5.32 Å². The predicted molar refractivity (Wildman–Crippen MR) is 156 cm³/mol. The van der Waals surface area contributed by atoms with E-state index in [2.05, 4.69) is 5.32 Å². The Morgan fingerprint density at radius 1 is 0.833 bits per heavy atom. The number of carbonyl (C=O) groups is 4. The van der Waals surface area contributed by atoms with E-state index in [1.54, 1.807) is 13.0 Å². The molecule has 42 heavy (non-hydrogen) atoms. The summed E-state index contributed by atoms with van der Waals surface area (Å²) in [5, 5.41) is 3.08. The average molecular weight is 596 g/mol. The molecule has 11 nitrogen and oxygen atoms in total. The van der Waals surface area contributed by atoms with Crippen LogP contribution in [-0.4, -0.2) is 63.3 Å². The van der Waals surface area contributed by atoms with Crippen LogP contribution in [0.5, 0.6) is 11.5 Å². The highest BCUT2D eigenvalue weighted by Gasteiger charge is 2.23. The van der Waals surface area contributed by atoms with E-state index in [1.165, 1.54) is 19.2 Å². The van der Waals surface area contributed by atoms with Gasteiger partial charge in [-0.15, -0.1) is 0 Å². The molecule has 238 valence electrons. The van der Waals surface area contributed by atoms with E-state index in [9.17, 15) is 19.2 Å². The summed E-state index contributed by atoms with van der Waals surface area (Å²) in [6, 6.07) is 3.75. The lowest BCUT2D eigenvalue weighted by atomic mass is 10.0. The Labute approximate surface area is 249 Å². The van der Waals surface area contributed by atoms with Crippen molar-refractivity contribution in [3.8, 4) is 11.5 Å². The summed E-state index contributed by atoms with van der Waals surface area (Å²) in [7, 11) is 1.27. The lowest BCUT2D eigenvalue weighted by Crippen LogP contribution is -2.43. The number of hydrogen-bond acceptors (Lipinski definition) is 11. The lowest BCUT2D eigenvalue weighted by molar-refractivity contribution is -0.148. The number of esters is 2. The van der Waals surface area contributed by atoms with Gasteiger partial charge in [-0.25, -0.2) is 9.59 Å². The van der Waals surface area contributed by atoms with Crippen LogP contribution in [0.15, 0.2) is 18.2 Å². The van der Waals surface area contributed by atoms with Crippen molar-refractivity contribution in [2.24, 2.45) is 17.8 Å². The Kier molecular flexibility index (Phi) is 17.2. The minimum atomic E-state index is -0.957. The maximum absolute atomic E-state index is 12.5. The largest absolute Gasteiger partial charge is 0.513 e. The van der Waals surface area contributed by atoms with Gasteiger partial charge in [0.2, 0.25) is 0 Å². The van der Waals surface area contributed by atoms with Gasteiger partial charge in [0.1, 0.15) is 12.1 Å². The fraction of sp³-hybridized carbons (Fsp3) is 0.677. The minimum Gasteiger partial charge on any atom is -0.468 e. The third-order valence-corrected chi connectivity index (χ3v) is 6.60. The van der Waals surface area contributed by atoms with Crippen molar-refractivity contribution < 1.29 is 47.6 Å². The van der Waals surface area contributed by atoms with E-state index in [-0.39, 0.29) is 55.5 Å². The zero-order valence-corrected chi connectivity index (χ0v) is 26.4. The second-order valence-electron chi connectivity index (χ2n) is 11.1. The molecular weight excluding hydrogens is 546 g/mol. The van der Waals surface area contributed by atoms with Crippen LogP contribution in [-0.2, 0) is 35.0 Å². The van der Waals surface area contributed by atoms with E-state index in [0.717, 1.165) is 19.3 Å². The van der Waals surface area contributed by atoms with E-state index in [1.807, 2.05) is 41.5 Å². The van der Waals surface area contributed by atoms with Gasteiger partial charge in [0.15, 0.2) is 11.5 Å². The number of ether oxygens (including phenoxy) is 6. The van der Waals surface area contributed by atoms with Crippen molar-refractivity contribution in [2.45, 2.75) is 92.7 Å². The zero-order chi connectivity index (χ0) is 31.7. The second kappa shape index (κ2) is 19.7. The number of carbonyl (C=O) groups excluding carboxylic acids is 4. The Morgan fingerprint density at radius 2 is 1.40 bits per heavy atom. The molecule has 0 heterocycles. The number of hydrogen-bond donors (Lipinski definition) is 1. The third-order valence-electron chi connectivity index (χ3n) is 6.60. The molecule has 0 spiro atoms. The van der Waals surface area contributed by atoms with Crippen LogP contribution in [0.4, 0.5) is 9.59 Å². The van der Waals surface area contributed by atoms with Crippen molar-refractivity contribution in [2.75, 3.05) is 26.9 Å². The molecule has 0 amide bonds. The first-order valence-electron chi connectivity index (χ1n) is 14.7. The van der Waals surface area contributed by atoms with Crippen LogP contribution in [0, 0.1) is 17.8 Å². The number of nitrogens with one attached hydrogen (secondary N) is 1. The molecule has 0 fully saturated rings. The Morgan fingerprint density at radius 3 is 1.93 bits per heavy atom. The van der Waals surface area contributed by atoms with Gasteiger partial charge in [0.05, 0.1) is 20.3 Å². The van der Waals surface area contributed by atoms with Crippen molar-refractivity contribution in [1.29, 1.82) is 0 Å². The molecule has 11 heteroatoms. The quantitative estimate of drug-likeness (QED) is 0.124. The maximum Gasteiger partial charge on any atom is 0.513 e. The van der Waals surface area contributed by atoms with Crippen LogP contribution in [0.2, 0.25) is 0 Å². The molecule has 3 unspecified atom stereocenters. The third kappa shape index (κ3) is 15.0. The Bertz CT molecular complexity index is 996. The van der Waals surface area contributed by atoms with Crippen LogP contribution in [0.1, 0.15) is 79.7 Å². The molecule has 1 N–H and O–H groups in total. The first-order chi connectivity index (χ1) is 19.9. The van der Waals surface area contributed by atoms with Crippen molar-refractivity contribution in [3.63, 3.8) is 0 Å². The predicted octanol–water partition coefficient (Wildman–Crippen LogP) is 5.85. The van der Waals surface area contributed by atoms with Gasteiger partial charge in [0, 0.05) is 13.0 Å². The van der Waals surface area contributed by atoms with E-state index >= 15 is 0 Å². The summed E-state index contributed by atoms with van der Waals surface area (Å²) < 4.78 is 31.5. The lowest BCUT2D eigenvalue weighted by Gasteiger charge is -2.20. The van der Waals surface area contributed by atoms with Crippen molar-refractivity contribution in [3.05, 3.63) is 23.8 Å². The highest BCUT2D eigenvalue weighted by atomic mass is 16.7. The van der Waals surface area contributed by atoms with Gasteiger partial charge in [-0.2, -0.15) is 0 Å². The van der Waals surface area contributed by atoms with Gasteiger partial charge in [-0.05, 0) is 55.2 Å². The highest BCUT2D eigenvalue weighted by molar-refractivity contribution is 5.76. The molecule has 1 aromatic rings. The highest BCUT2D eigenvalue weighted by Crippen LogP contribution is 2.30. The maximum atomic E-state index is 12.5. The van der Waals surface area contributed by atoms with Gasteiger partial charge < -0.3 is 33.7 Å². The van der Waals surface area contributed by atoms with Crippen LogP contribution in [0.25, 0.3) is 0 Å². The van der Waals surface area contributed by atoms with Gasteiger partial charge in [-0.3, -0.25) is 9.59 Å². The molecule has 0 aromatic heterocycles. The SMILES string of the molecule is CCC(C)COC(=O)Oc1ccc(C[C@H](NCC(C)OC(=O)CCC(C)C)C(=O)OC)cc1OC(=O)OCC(C)CC. The standard InChI is InChI=1S/C31H49NO10/c1-9-21(5)18-38-30(35)41-26-13-12-24(16-27(26)42-31(36)39-19-22(6)10-2)15-25(29(34)37-8)32-17-23(7)40-28(33)14-11-20(3)4/h12-13,16,20-23,25,32H,9-11,14-15,17-19H2,1-8H3/t21?,22?,23?,25-/m0/s1. The summed E-state index contributed by atoms with van der Waals surface area (Å²) in [6.07, 6.45) is 0.460. The molecule has 0 saturated carbocycles. The molecule has 0 aliphatic rings. The molecule has 1 aromatic carbocycles. The average Bonchev–Trinajstić information content (AvgIpc) is 2.96. The molecule has 0 aliphatic carbocycles. The van der Waals surface area contributed by atoms with Crippen LogP contribution < -0.4 is 14.8 Å². The fourth-order valence-electron chi connectivity index (χ4n) is 3.39. The summed E-state index contributed by atoms with van der Waals surface area (Å²) in [6.45, 7) is 14.2. The first-order valence-corrected chi connectivity index (χ1v) is 14.7. The zero-order valence-electron chi connectivity index (χ0n) is 26.4. The topological polar surface area (TPSA) is 136 Å². The molecule has 0 saturated heterocycles. The smallest absolute Gasteiger partial charge is 0.468 e. The fourth-order valence-corrected chi connectivity index (χ4v) is 3.39. The molecule has 0 bridgehead atoms. The van der Waals surface area contributed by atoms with Crippen LogP contribution in [0.3, 0.4) is 0 Å². The molecule has 0 radical (unpaired) electrons. The molecule has 0 aliphatic heterocycles. The molecule has 4 atom stereocenters. The normalized spacial score (nSPS) is 13.8. The minimum absolute atomic E-state index is 0.0436. The summed E-state index contributed by atoms with van der Waals surface area (Å²) in [5.74, 6) is -0.265. The first kappa shape index (κ1) is 36.7.